The molecule has 0 saturated carbocycles. The summed E-state index contributed by atoms with van der Waals surface area (Å²) in [7, 11) is 2.06. The van der Waals surface area contributed by atoms with E-state index in [2.05, 4.69) is 48.8 Å². The molecule has 1 saturated heterocycles. The standard InChI is InChI=1S/C14H19BrN4/c1-16-12-3-2-6-18(9-12)10-13-7-17-14-5-4-11(15)8-19(13)14/h4-5,7-8,12,16H,2-3,6,9-10H2,1H3. The van der Waals surface area contributed by atoms with Crippen LogP contribution >= 0.6 is 15.9 Å². The van der Waals surface area contributed by atoms with Crippen LogP contribution in [0, 0.1) is 0 Å². The lowest BCUT2D eigenvalue weighted by Crippen LogP contribution is -2.44. The molecule has 4 nitrogen and oxygen atoms in total. The summed E-state index contributed by atoms with van der Waals surface area (Å²) in [5, 5.41) is 3.39. The summed E-state index contributed by atoms with van der Waals surface area (Å²) in [5.41, 5.74) is 2.27. The maximum Gasteiger partial charge on any atom is 0.136 e. The lowest BCUT2D eigenvalue weighted by atomic mass is 10.1. The zero-order valence-corrected chi connectivity index (χ0v) is 12.7. The van der Waals surface area contributed by atoms with Gasteiger partial charge in [-0.1, -0.05) is 0 Å². The average molecular weight is 323 g/mol. The molecule has 0 aliphatic carbocycles. The predicted molar refractivity (Wildman–Crippen MR) is 80.3 cm³/mol. The van der Waals surface area contributed by atoms with Crippen LogP contribution in [0.25, 0.3) is 5.65 Å². The molecule has 1 fully saturated rings. The number of piperidine rings is 1. The van der Waals surface area contributed by atoms with Gasteiger partial charge in [0.1, 0.15) is 5.65 Å². The summed E-state index contributed by atoms with van der Waals surface area (Å²) in [6.45, 7) is 3.27. The van der Waals surface area contributed by atoms with Gasteiger partial charge in [-0.2, -0.15) is 0 Å². The van der Waals surface area contributed by atoms with Crippen LogP contribution in [-0.4, -0.2) is 40.5 Å². The van der Waals surface area contributed by atoms with Gasteiger partial charge in [0.15, 0.2) is 0 Å². The van der Waals surface area contributed by atoms with Crippen LogP contribution in [0.3, 0.4) is 0 Å². The van der Waals surface area contributed by atoms with Crippen molar-refractivity contribution in [2.24, 2.45) is 0 Å². The molecule has 102 valence electrons. The molecule has 0 aromatic carbocycles. The Labute approximate surface area is 121 Å². The van der Waals surface area contributed by atoms with Crippen molar-refractivity contribution in [2.75, 3.05) is 20.1 Å². The van der Waals surface area contributed by atoms with Crippen molar-refractivity contribution in [2.45, 2.75) is 25.4 Å². The quantitative estimate of drug-likeness (QED) is 0.941. The van der Waals surface area contributed by atoms with Gasteiger partial charge in [0, 0.05) is 29.8 Å². The Morgan fingerprint density at radius 2 is 2.37 bits per heavy atom. The van der Waals surface area contributed by atoms with Crippen molar-refractivity contribution >= 4 is 21.6 Å². The van der Waals surface area contributed by atoms with E-state index in [-0.39, 0.29) is 0 Å². The first-order valence-electron chi connectivity index (χ1n) is 6.77. The smallest absolute Gasteiger partial charge is 0.136 e. The average Bonchev–Trinajstić information content (AvgIpc) is 2.81. The first-order chi connectivity index (χ1) is 9.26. The highest BCUT2D eigenvalue weighted by Gasteiger charge is 2.19. The number of fused-ring (bicyclic) bond motifs is 1. The SMILES string of the molecule is CNC1CCCN(Cc2cnc3ccc(Br)cn23)C1. The van der Waals surface area contributed by atoms with Gasteiger partial charge >= 0.3 is 0 Å². The summed E-state index contributed by atoms with van der Waals surface area (Å²) in [6.07, 6.45) is 6.64. The van der Waals surface area contributed by atoms with Crippen LogP contribution in [0.1, 0.15) is 18.5 Å². The first kappa shape index (κ1) is 13.1. The molecule has 0 bridgehead atoms. The number of hydrogen-bond acceptors (Lipinski definition) is 3. The van der Waals surface area contributed by atoms with Crippen LogP contribution in [0.4, 0.5) is 0 Å². The molecule has 1 aliphatic heterocycles. The molecule has 1 atom stereocenters. The zero-order valence-electron chi connectivity index (χ0n) is 11.1. The van der Waals surface area contributed by atoms with Crippen molar-refractivity contribution in [1.29, 1.82) is 0 Å². The third-order valence-electron chi connectivity index (χ3n) is 3.85. The van der Waals surface area contributed by atoms with Crippen LogP contribution in [0.2, 0.25) is 0 Å². The summed E-state index contributed by atoms with van der Waals surface area (Å²) >= 11 is 3.53. The van der Waals surface area contributed by atoms with E-state index in [0.717, 1.165) is 23.2 Å². The van der Waals surface area contributed by atoms with E-state index in [1.807, 2.05) is 18.3 Å². The van der Waals surface area contributed by atoms with Crippen molar-refractivity contribution < 1.29 is 0 Å². The number of pyridine rings is 1. The van der Waals surface area contributed by atoms with Crippen molar-refractivity contribution in [3.8, 4) is 0 Å². The lowest BCUT2D eigenvalue weighted by molar-refractivity contribution is 0.185. The Morgan fingerprint density at radius 1 is 1.47 bits per heavy atom. The highest BCUT2D eigenvalue weighted by atomic mass is 79.9. The second-order valence-electron chi connectivity index (χ2n) is 5.19. The molecule has 0 spiro atoms. The molecular formula is C14H19BrN4. The Morgan fingerprint density at radius 3 is 3.21 bits per heavy atom. The zero-order chi connectivity index (χ0) is 13.2. The van der Waals surface area contributed by atoms with Crippen LogP contribution in [0.5, 0.6) is 0 Å². The van der Waals surface area contributed by atoms with E-state index in [4.69, 9.17) is 0 Å². The molecule has 2 aromatic heterocycles. The molecule has 1 unspecified atom stereocenters. The highest BCUT2D eigenvalue weighted by Crippen LogP contribution is 2.17. The minimum absolute atomic E-state index is 0.625. The molecule has 0 radical (unpaired) electrons. The molecule has 3 rings (SSSR count). The number of imidazole rings is 1. The van der Waals surface area contributed by atoms with Gasteiger partial charge < -0.3 is 9.72 Å². The van der Waals surface area contributed by atoms with Crippen LogP contribution in [-0.2, 0) is 6.54 Å². The van der Waals surface area contributed by atoms with E-state index < -0.39 is 0 Å². The lowest BCUT2D eigenvalue weighted by Gasteiger charge is -2.32. The van der Waals surface area contributed by atoms with Gasteiger partial charge in [-0.25, -0.2) is 4.98 Å². The van der Waals surface area contributed by atoms with E-state index in [1.54, 1.807) is 0 Å². The summed E-state index contributed by atoms with van der Waals surface area (Å²) in [4.78, 5) is 6.97. The number of hydrogen-bond donors (Lipinski definition) is 1. The van der Waals surface area contributed by atoms with Gasteiger partial charge in [0.2, 0.25) is 0 Å². The maximum atomic E-state index is 4.46. The first-order valence-corrected chi connectivity index (χ1v) is 7.56. The van der Waals surface area contributed by atoms with E-state index in [1.165, 1.54) is 25.1 Å². The molecule has 5 heteroatoms. The van der Waals surface area contributed by atoms with Crippen molar-refractivity contribution in [1.82, 2.24) is 19.6 Å². The number of aromatic nitrogens is 2. The highest BCUT2D eigenvalue weighted by molar-refractivity contribution is 9.10. The fourth-order valence-electron chi connectivity index (χ4n) is 2.79. The Balaban J connectivity index is 1.79. The largest absolute Gasteiger partial charge is 0.316 e. The van der Waals surface area contributed by atoms with Crippen molar-refractivity contribution in [3.63, 3.8) is 0 Å². The number of halogens is 1. The normalized spacial score (nSPS) is 21.1. The van der Waals surface area contributed by atoms with Crippen LogP contribution < -0.4 is 5.32 Å². The molecule has 1 aliphatic rings. The number of likely N-dealkylation sites (tertiary alicyclic amines) is 1. The van der Waals surface area contributed by atoms with Gasteiger partial charge in [0.25, 0.3) is 0 Å². The minimum atomic E-state index is 0.625. The Bertz CT molecular complexity index is 566. The third kappa shape index (κ3) is 2.83. The van der Waals surface area contributed by atoms with Gasteiger partial charge in [-0.3, -0.25) is 4.90 Å². The molecular weight excluding hydrogens is 304 g/mol. The fraction of sp³-hybridized carbons (Fsp3) is 0.500. The number of nitrogens with zero attached hydrogens (tertiary/aromatic N) is 3. The van der Waals surface area contributed by atoms with Gasteiger partial charge in [-0.05, 0) is 54.5 Å². The van der Waals surface area contributed by atoms with Crippen LogP contribution in [0.15, 0.2) is 29.0 Å². The number of likely N-dealkylation sites (N-methyl/N-ethyl adjacent to an activating group) is 1. The monoisotopic (exact) mass is 322 g/mol. The summed E-state index contributed by atoms with van der Waals surface area (Å²) < 4.78 is 3.26. The van der Waals surface area contributed by atoms with E-state index in [9.17, 15) is 0 Å². The number of nitrogens with one attached hydrogen (secondary N) is 1. The third-order valence-corrected chi connectivity index (χ3v) is 4.31. The summed E-state index contributed by atoms with van der Waals surface area (Å²) in [6, 6.07) is 4.70. The summed E-state index contributed by atoms with van der Waals surface area (Å²) in [5.74, 6) is 0. The van der Waals surface area contributed by atoms with Crippen molar-refractivity contribution in [3.05, 3.63) is 34.7 Å². The second kappa shape index (κ2) is 5.61. The van der Waals surface area contributed by atoms with Gasteiger partial charge in [-0.15, -0.1) is 0 Å². The molecule has 19 heavy (non-hydrogen) atoms. The number of rotatable bonds is 3. The fourth-order valence-corrected chi connectivity index (χ4v) is 3.12. The molecule has 3 heterocycles. The van der Waals surface area contributed by atoms with E-state index >= 15 is 0 Å². The Hall–Kier alpha value is -0.910. The van der Waals surface area contributed by atoms with Gasteiger partial charge in [0.05, 0.1) is 11.9 Å². The predicted octanol–water partition coefficient (Wildman–Crippen LogP) is 2.28. The molecule has 0 amide bonds. The molecule has 1 N–H and O–H groups in total. The minimum Gasteiger partial charge on any atom is -0.316 e. The Kier molecular flexibility index (Phi) is 3.86. The second-order valence-corrected chi connectivity index (χ2v) is 6.10. The van der Waals surface area contributed by atoms with E-state index in [0.29, 0.717) is 6.04 Å². The maximum absolute atomic E-state index is 4.46. The topological polar surface area (TPSA) is 32.6 Å². The molecule has 2 aromatic rings.